The first kappa shape index (κ1) is 11.7. The number of halogens is 1. The summed E-state index contributed by atoms with van der Waals surface area (Å²) in [5.74, 6) is 1.69. The molecule has 1 heterocycles. The Morgan fingerprint density at radius 3 is 2.69 bits per heavy atom. The lowest BCUT2D eigenvalue weighted by Crippen LogP contribution is -1.93. The highest BCUT2D eigenvalue weighted by atomic mass is 35.5. The van der Waals surface area contributed by atoms with Gasteiger partial charge in [-0.3, -0.25) is 0 Å². The van der Waals surface area contributed by atoms with Gasteiger partial charge in [0, 0.05) is 22.4 Å². The van der Waals surface area contributed by atoms with Gasteiger partial charge in [0.05, 0.1) is 5.69 Å². The Bertz CT molecular complexity index is 487. The van der Waals surface area contributed by atoms with Crippen LogP contribution in [-0.4, -0.2) is 21.8 Å². The SMILES string of the molecule is Cc1nnc(SCCCCl)c2ccccc12. The summed E-state index contributed by atoms with van der Waals surface area (Å²) < 4.78 is 0. The number of alkyl halides is 1. The van der Waals surface area contributed by atoms with Crippen LogP contribution >= 0.6 is 23.4 Å². The highest BCUT2D eigenvalue weighted by molar-refractivity contribution is 7.99. The zero-order valence-corrected chi connectivity index (χ0v) is 10.7. The molecule has 0 saturated carbocycles. The van der Waals surface area contributed by atoms with Crippen LogP contribution in [0.5, 0.6) is 0 Å². The van der Waals surface area contributed by atoms with E-state index in [4.69, 9.17) is 11.6 Å². The summed E-state index contributed by atoms with van der Waals surface area (Å²) in [5.41, 5.74) is 0.984. The molecule has 0 saturated heterocycles. The van der Waals surface area contributed by atoms with E-state index in [0.717, 1.165) is 22.9 Å². The predicted molar refractivity (Wildman–Crippen MR) is 70.3 cm³/mol. The number of nitrogens with zero attached hydrogens (tertiary/aromatic N) is 2. The zero-order valence-electron chi connectivity index (χ0n) is 9.11. The Hall–Kier alpha value is -0.800. The number of fused-ring (bicyclic) bond motifs is 1. The minimum Gasteiger partial charge on any atom is -0.154 e. The van der Waals surface area contributed by atoms with Crippen molar-refractivity contribution in [3.8, 4) is 0 Å². The molecule has 0 unspecified atom stereocenters. The molecule has 2 nitrogen and oxygen atoms in total. The molecule has 0 amide bonds. The molecule has 1 aromatic carbocycles. The van der Waals surface area contributed by atoms with Crippen LogP contribution in [0.2, 0.25) is 0 Å². The molecule has 0 bridgehead atoms. The normalized spacial score (nSPS) is 10.9. The number of rotatable bonds is 4. The quantitative estimate of drug-likeness (QED) is 0.472. The standard InChI is InChI=1S/C12H13ClN2S/c1-9-10-5-2-3-6-11(10)12(15-14-9)16-8-4-7-13/h2-3,5-6H,4,7-8H2,1H3. The fourth-order valence-electron chi connectivity index (χ4n) is 1.54. The number of hydrogen-bond acceptors (Lipinski definition) is 3. The number of thioether (sulfide) groups is 1. The molecule has 0 spiro atoms. The van der Waals surface area contributed by atoms with Crippen molar-refractivity contribution < 1.29 is 0 Å². The Morgan fingerprint density at radius 1 is 1.19 bits per heavy atom. The van der Waals surface area contributed by atoms with Crippen molar-refractivity contribution in [2.24, 2.45) is 0 Å². The number of aryl methyl sites for hydroxylation is 1. The lowest BCUT2D eigenvalue weighted by atomic mass is 10.1. The molecule has 2 rings (SSSR count). The molecule has 0 aliphatic carbocycles. The smallest absolute Gasteiger partial charge is 0.127 e. The van der Waals surface area contributed by atoms with E-state index < -0.39 is 0 Å². The minimum absolute atomic E-state index is 0.699. The Balaban J connectivity index is 2.35. The summed E-state index contributed by atoms with van der Waals surface area (Å²) >= 11 is 7.39. The highest BCUT2D eigenvalue weighted by Gasteiger charge is 2.05. The lowest BCUT2D eigenvalue weighted by Gasteiger charge is -2.05. The predicted octanol–water partition coefficient (Wildman–Crippen LogP) is 3.66. The van der Waals surface area contributed by atoms with Crippen LogP contribution in [0.1, 0.15) is 12.1 Å². The monoisotopic (exact) mass is 252 g/mol. The fraction of sp³-hybridized carbons (Fsp3) is 0.333. The molecule has 0 N–H and O–H groups in total. The topological polar surface area (TPSA) is 25.8 Å². The average Bonchev–Trinajstić information content (AvgIpc) is 2.33. The van der Waals surface area contributed by atoms with Gasteiger partial charge in [-0.25, -0.2) is 0 Å². The molecule has 2 aromatic rings. The second kappa shape index (κ2) is 5.51. The van der Waals surface area contributed by atoms with Gasteiger partial charge in [0.1, 0.15) is 5.03 Å². The number of aromatic nitrogens is 2. The molecule has 16 heavy (non-hydrogen) atoms. The van der Waals surface area contributed by atoms with E-state index in [1.54, 1.807) is 11.8 Å². The molecule has 1 aromatic heterocycles. The van der Waals surface area contributed by atoms with Crippen molar-refractivity contribution >= 4 is 34.1 Å². The molecule has 4 heteroatoms. The third-order valence-electron chi connectivity index (χ3n) is 2.35. The van der Waals surface area contributed by atoms with Gasteiger partial charge in [-0.05, 0) is 13.3 Å². The highest BCUT2D eigenvalue weighted by Crippen LogP contribution is 2.26. The first-order valence-electron chi connectivity index (χ1n) is 5.23. The summed E-state index contributed by atoms with van der Waals surface area (Å²) in [5, 5.41) is 11.8. The van der Waals surface area contributed by atoms with Gasteiger partial charge in [-0.15, -0.1) is 28.5 Å². The maximum Gasteiger partial charge on any atom is 0.127 e. The maximum atomic E-state index is 5.66. The van der Waals surface area contributed by atoms with Crippen molar-refractivity contribution in [3.05, 3.63) is 30.0 Å². The van der Waals surface area contributed by atoms with E-state index in [1.807, 2.05) is 19.1 Å². The molecule has 84 valence electrons. The minimum atomic E-state index is 0.699. The van der Waals surface area contributed by atoms with Gasteiger partial charge in [0.15, 0.2) is 0 Å². The third kappa shape index (κ3) is 2.47. The molecule has 0 atom stereocenters. The second-order valence-corrected chi connectivity index (χ2v) is 4.99. The first-order chi connectivity index (χ1) is 7.83. The summed E-state index contributed by atoms with van der Waals surface area (Å²) in [6.45, 7) is 1.99. The second-order valence-electron chi connectivity index (χ2n) is 3.53. The molecule has 0 aliphatic rings. The number of benzene rings is 1. The van der Waals surface area contributed by atoms with E-state index in [9.17, 15) is 0 Å². The van der Waals surface area contributed by atoms with Crippen LogP contribution in [0.3, 0.4) is 0 Å². The molecular formula is C12H13ClN2S. The van der Waals surface area contributed by atoms with Crippen LogP contribution in [0, 0.1) is 6.92 Å². The summed E-state index contributed by atoms with van der Waals surface area (Å²) in [4.78, 5) is 0. The average molecular weight is 253 g/mol. The van der Waals surface area contributed by atoms with E-state index in [0.29, 0.717) is 5.88 Å². The zero-order chi connectivity index (χ0) is 11.4. The van der Waals surface area contributed by atoms with Crippen LogP contribution in [-0.2, 0) is 0 Å². The number of hydrogen-bond donors (Lipinski definition) is 0. The molecular weight excluding hydrogens is 240 g/mol. The Kier molecular flexibility index (Phi) is 4.02. The van der Waals surface area contributed by atoms with Gasteiger partial charge < -0.3 is 0 Å². The van der Waals surface area contributed by atoms with Gasteiger partial charge in [0.2, 0.25) is 0 Å². The van der Waals surface area contributed by atoms with Crippen molar-refractivity contribution in [2.75, 3.05) is 11.6 Å². The summed E-state index contributed by atoms with van der Waals surface area (Å²) in [6, 6.07) is 8.25. The van der Waals surface area contributed by atoms with Crippen LogP contribution in [0.4, 0.5) is 0 Å². The van der Waals surface area contributed by atoms with Gasteiger partial charge in [0.25, 0.3) is 0 Å². The van der Waals surface area contributed by atoms with Crippen molar-refractivity contribution in [1.82, 2.24) is 10.2 Å². The Morgan fingerprint density at radius 2 is 1.94 bits per heavy atom. The first-order valence-corrected chi connectivity index (χ1v) is 6.75. The van der Waals surface area contributed by atoms with Gasteiger partial charge in [-0.2, -0.15) is 5.10 Å². The van der Waals surface area contributed by atoms with E-state index in [1.165, 1.54) is 10.8 Å². The van der Waals surface area contributed by atoms with Crippen LogP contribution < -0.4 is 0 Å². The largest absolute Gasteiger partial charge is 0.154 e. The molecule has 0 radical (unpaired) electrons. The van der Waals surface area contributed by atoms with Crippen molar-refractivity contribution in [2.45, 2.75) is 18.4 Å². The van der Waals surface area contributed by atoms with Crippen molar-refractivity contribution in [3.63, 3.8) is 0 Å². The summed E-state index contributed by atoms with van der Waals surface area (Å²) in [6.07, 6.45) is 0.996. The Labute approximate surface area is 104 Å². The summed E-state index contributed by atoms with van der Waals surface area (Å²) in [7, 11) is 0. The van der Waals surface area contributed by atoms with Gasteiger partial charge >= 0.3 is 0 Å². The van der Waals surface area contributed by atoms with Crippen LogP contribution in [0.25, 0.3) is 10.8 Å². The van der Waals surface area contributed by atoms with Gasteiger partial charge in [-0.1, -0.05) is 24.3 Å². The van der Waals surface area contributed by atoms with Crippen LogP contribution in [0.15, 0.2) is 29.3 Å². The molecule has 0 fully saturated rings. The maximum absolute atomic E-state index is 5.66. The fourth-order valence-corrected chi connectivity index (χ4v) is 2.75. The van der Waals surface area contributed by atoms with E-state index >= 15 is 0 Å². The van der Waals surface area contributed by atoms with Crippen molar-refractivity contribution in [1.29, 1.82) is 0 Å². The van der Waals surface area contributed by atoms with E-state index in [-0.39, 0.29) is 0 Å². The molecule has 0 aliphatic heterocycles. The van der Waals surface area contributed by atoms with E-state index in [2.05, 4.69) is 22.3 Å². The third-order valence-corrected chi connectivity index (χ3v) is 3.69. The lowest BCUT2D eigenvalue weighted by molar-refractivity contribution is 0.922.